The molecule has 0 aliphatic carbocycles. The van der Waals surface area contributed by atoms with Gasteiger partial charge < -0.3 is 25.2 Å². The Kier molecular flexibility index (Phi) is 12.4. The van der Waals surface area contributed by atoms with Crippen molar-refractivity contribution in [2.24, 2.45) is 0 Å². The van der Waals surface area contributed by atoms with Crippen molar-refractivity contribution in [3.8, 4) is 5.75 Å². The number of hydrogen-bond acceptors (Lipinski definition) is 7. The van der Waals surface area contributed by atoms with Gasteiger partial charge >= 0.3 is 11.9 Å². The number of carbonyl (C=O) groups is 2. The molecule has 1 aromatic heterocycles. The molecule has 1 aliphatic heterocycles. The van der Waals surface area contributed by atoms with Gasteiger partial charge in [0.15, 0.2) is 5.82 Å². The SMILES string of the molecule is [C-]#[N+]/C(C(=O)OCC=C)=c1\c(=C\c2ccc3c(c2)CCN3c2ccc(OCCCCCCCCCC)cc2)c(N)nn1CC(=O)O. The largest absolute Gasteiger partial charge is 0.494 e. The third kappa shape index (κ3) is 8.78. The molecular weight excluding hydrogens is 582 g/mol. The molecule has 0 radical (unpaired) electrons. The van der Waals surface area contributed by atoms with Gasteiger partial charge in [0.05, 0.1) is 18.5 Å². The lowest BCUT2D eigenvalue weighted by Crippen LogP contribution is -2.36. The number of rotatable bonds is 17. The number of nitrogen functional groups attached to an aromatic ring is 1. The van der Waals surface area contributed by atoms with Crippen LogP contribution in [0.1, 0.15) is 69.4 Å². The molecule has 1 aliphatic rings. The summed E-state index contributed by atoms with van der Waals surface area (Å²) in [6.07, 6.45) is 14.1. The van der Waals surface area contributed by atoms with Crippen molar-refractivity contribution in [2.75, 3.05) is 30.4 Å². The molecule has 2 aromatic carbocycles. The first-order chi connectivity index (χ1) is 22.4. The van der Waals surface area contributed by atoms with Crippen molar-refractivity contribution in [3.63, 3.8) is 0 Å². The van der Waals surface area contributed by atoms with Gasteiger partial charge in [0.1, 0.15) is 18.9 Å². The van der Waals surface area contributed by atoms with Crippen molar-refractivity contribution in [1.82, 2.24) is 9.78 Å². The molecule has 3 N–H and O–H groups in total. The van der Waals surface area contributed by atoms with Crippen LogP contribution in [0.4, 0.5) is 17.2 Å². The van der Waals surface area contributed by atoms with E-state index in [1.54, 1.807) is 6.08 Å². The number of aromatic nitrogens is 2. The molecular formula is C36H43N5O5. The zero-order valence-corrected chi connectivity index (χ0v) is 26.5. The van der Waals surface area contributed by atoms with E-state index >= 15 is 0 Å². The number of ether oxygens (including phenoxy) is 2. The number of hydrogen-bond donors (Lipinski definition) is 2. The van der Waals surface area contributed by atoms with Crippen LogP contribution in [0.5, 0.6) is 5.75 Å². The van der Waals surface area contributed by atoms with Crippen LogP contribution in [-0.2, 0) is 27.3 Å². The molecule has 242 valence electrons. The second kappa shape index (κ2) is 16.9. The minimum atomic E-state index is -1.19. The second-order valence-corrected chi connectivity index (χ2v) is 11.3. The van der Waals surface area contributed by atoms with Gasteiger partial charge in [-0.2, -0.15) is 5.10 Å². The number of fused-ring (bicyclic) bond motifs is 1. The minimum Gasteiger partial charge on any atom is -0.494 e. The Balaban J connectivity index is 1.49. The first-order valence-corrected chi connectivity index (χ1v) is 15.9. The Labute approximate surface area is 270 Å². The molecule has 0 saturated carbocycles. The van der Waals surface area contributed by atoms with Gasteiger partial charge in [0.25, 0.3) is 5.70 Å². The minimum absolute atomic E-state index is 0.000707. The van der Waals surface area contributed by atoms with Crippen LogP contribution < -0.4 is 25.9 Å². The number of carbonyl (C=O) groups excluding carboxylic acids is 1. The highest BCUT2D eigenvalue weighted by atomic mass is 16.5. The van der Waals surface area contributed by atoms with E-state index in [4.69, 9.17) is 21.8 Å². The molecule has 0 fully saturated rings. The number of nitrogens with two attached hydrogens (primary N) is 1. The summed E-state index contributed by atoms with van der Waals surface area (Å²) in [4.78, 5) is 29.8. The third-order valence-corrected chi connectivity index (χ3v) is 7.89. The maximum Gasteiger partial charge on any atom is 0.338 e. The van der Waals surface area contributed by atoms with Gasteiger partial charge in [-0.3, -0.25) is 14.3 Å². The fourth-order valence-electron chi connectivity index (χ4n) is 5.62. The van der Waals surface area contributed by atoms with E-state index in [0.29, 0.717) is 0 Å². The number of carboxylic acids is 1. The van der Waals surface area contributed by atoms with Crippen molar-refractivity contribution in [2.45, 2.75) is 71.3 Å². The zero-order chi connectivity index (χ0) is 32.9. The molecule has 0 unspecified atom stereocenters. The number of esters is 1. The van der Waals surface area contributed by atoms with Gasteiger partial charge in [-0.1, -0.05) is 70.6 Å². The highest BCUT2D eigenvalue weighted by Crippen LogP contribution is 2.35. The first kappa shape index (κ1) is 33.8. The molecule has 10 nitrogen and oxygen atoms in total. The number of anilines is 3. The first-order valence-electron chi connectivity index (χ1n) is 15.9. The monoisotopic (exact) mass is 625 g/mol. The van der Waals surface area contributed by atoms with E-state index in [1.807, 2.05) is 30.3 Å². The number of benzene rings is 2. The Morgan fingerprint density at radius 1 is 1.09 bits per heavy atom. The van der Waals surface area contributed by atoms with Gasteiger partial charge in [-0.15, -0.1) is 0 Å². The summed E-state index contributed by atoms with van der Waals surface area (Å²) in [5.41, 5.74) is 9.85. The number of aliphatic carboxylic acids is 1. The molecule has 0 amide bonds. The fourth-order valence-corrected chi connectivity index (χ4v) is 5.62. The van der Waals surface area contributed by atoms with Crippen LogP contribution in [0.3, 0.4) is 0 Å². The average molecular weight is 626 g/mol. The van der Waals surface area contributed by atoms with Gasteiger partial charge in [-0.05, 0) is 66.4 Å². The summed E-state index contributed by atoms with van der Waals surface area (Å²) < 4.78 is 12.1. The lowest BCUT2D eigenvalue weighted by Gasteiger charge is -2.20. The van der Waals surface area contributed by atoms with Crippen molar-refractivity contribution >= 4 is 40.9 Å². The maximum absolute atomic E-state index is 12.7. The van der Waals surface area contributed by atoms with Gasteiger partial charge in [0, 0.05) is 23.1 Å². The predicted molar refractivity (Wildman–Crippen MR) is 180 cm³/mol. The molecule has 0 atom stereocenters. The summed E-state index contributed by atoms with van der Waals surface area (Å²) in [7, 11) is 0. The van der Waals surface area contributed by atoms with E-state index in [2.05, 4.69) is 40.5 Å². The number of unbranched alkanes of at least 4 members (excludes halogenated alkanes) is 7. The van der Waals surface area contributed by atoms with Crippen molar-refractivity contribution in [3.05, 3.63) is 88.2 Å². The topological polar surface area (TPSA) is 124 Å². The summed E-state index contributed by atoms with van der Waals surface area (Å²) in [6.45, 7) is 14.2. The predicted octanol–water partition coefficient (Wildman–Crippen LogP) is 5.35. The molecule has 10 heteroatoms. The van der Waals surface area contributed by atoms with Crippen molar-refractivity contribution < 1.29 is 24.2 Å². The lowest BCUT2D eigenvalue weighted by molar-refractivity contribution is -0.138. The van der Waals surface area contributed by atoms with E-state index in [-0.39, 0.29) is 23.0 Å². The van der Waals surface area contributed by atoms with Gasteiger partial charge in [-0.25, -0.2) is 4.85 Å². The Morgan fingerprint density at radius 3 is 2.48 bits per heavy atom. The number of carboxylic acid groups (broad SMARTS) is 1. The molecule has 4 rings (SSSR count). The summed E-state index contributed by atoms with van der Waals surface area (Å²) in [5, 5.41) is 13.8. The summed E-state index contributed by atoms with van der Waals surface area (Å²) in [6, 6.07) is 14.2. The third-order valence-electron chi connectivity index (χ3n) is 7.89. The van der Waals surface area contributed by atoms with Crippen LogP contribution >= 0.6 is 0 Å². The standard InChI is InChI=1S/C36H43N5O5/c1-4-6-7-8-9-10-11-12-22-45-29-16-14-28(15-17-29)40-20-19-27-23-26(13-18-31(27)40)24-30-34(33(38-3)36(44)46-21-5-2)41(25-32(42)43)39-35(30)37/h5,13-18,23-24H,2,4,6-12,19-22,25H2,1H3,(H2,37,39)(H,42,43)/b30-24-,34-33+. The maximum atomic E-state index is 12.7. The zero-order valence-electron chi connectivity index (χ0n) is 26.5. The number of nitrogens with zero attached hydrogens (tertiary/aromatic N) is 4. The second-order valence-electron chi connectivity index (χ2n) is 11.3. The highest BCUT2D eigenvalue weighted by Gasteiger charge is 2.22. The van der Waals surface area contributed by atoms with Crippen LogP contribution in [-0.4, -0.2) is 46.6 Å². The molecule has 0 saturated heterocycles. The Morgan fingerprint density at radius 2 is 1.80 bits per heavy atom. The molecule has 3 aromatic rings. The quantitative estimate of drug-likeness (QED) is 0.0891. The van der Waals surface area contributed by atoms with Crippen LogP contribution in [0, 0.1) is 6.57 Å². The van der Waals surface area contributed by atoms with Crippen LogP contribution in [0.25, 0.3) is 16.6 Å². The fraction of sp³-hybridized carbons (Fsp3) is 0.389. The van der Waals surface area contributed by atoms with Gasteiger partial charge in [0.2, 0.25) is 0 Å². The van der Waals surface area contributed by atoms with E-state index in [0.717, 1.165) is 58.9 Å². The Bertz CT molecular complexity index is 1690. The normalized spacial score (nSPS) is 13.2. The van der Waals surface area contributed by atoms with Crippen molar-refractivity contribution in [1.29, 1.82) is 0 Å². The molecule has 46 heavy (non-hydrogen) atoms. The van der Waals surface area contributed by atoms with Crippen LogP contribution in [0.15, 0.2) is 55.1 Å². The van der Waals surface area contributed by atoms with Crippen LogP contribution in [0.2, 0.25) is 0 Å². The average Bonchev–Trinajstić information content (AvgIpc) is 3.59. The highest BCUT2D eigenvalue weighted by molar-refractivity contribution is 6.12. The molecule has 2 heterocycles. The molecule has 0 spiro atoms. The summed E-state index contributed by atoms with van der Waals surface area (Å²) in [5.74, 6) is -1.23. The smallest absolute Gasteiger partial charge is 0.338 e. The van der Waals surface area contributed by atoms with E-state index in [9.17, 15) is 14.7 Å². The summed E-state index contributed by atoms with van der Waals surface area (Å²) >= 11 is 0. The van der Waals surface area contributed by atoms with E-state index in [1.165, 1.54) is 51.0 Å². The molecule has 0 bridgehead atoms. The van der Waals surface area contributed by atoms with E-state index < -0.39 is 24.2 Å². The Hall–Kier alpha value is -5.04. The lowest BCUT2D eigenvalue weighted by atomic mass is 10.1.